The molecule has 0 amide bonds. The average Bonchev–Trinajstić information content (AvgIpc) is 2.95. The van der Waals surface area contributed by atoms with Gasteiger partial charge in [0.05, 0.1) is 11.2 Å². The Hall–Kier alpha value is -1.78. The highest BCUT2D eigenvalue weighted by Crippen LogP contribution is 2.32. The van der Waals surface area contributed by atoms with Gasteiger partial charge in [-0.15, -0.1) is 11.3 Å². The van der Waals surface area contributed by atoms with Crippen LogP contribution in [0.1, 0.15) is 24.4 Å². The molecule has 0 aliphatic rings. The van der Waals surface area contributed by atoms with E-state index in [2.05, 4.69) is 40.8 Å². The molecule has 0 radical (unpaired) electrons. The molecule has 0 saturated heterocycles. The smallest absolute Gasteiger partial charge is 0.124 e. The van der Waals surface area contributed by atoms with Crippen LogP contribution < -0.4 is 5.32 Å². The summed E-state index contributed by atoms with van der Waals surface area (Å²) in [5.41, 5.74) is 4.32. The van der Waals surface area contributed by atoms with E-state index in [0.29, 0.717) is 0 Å². The van der Waals surface area contributed by atoms with Gasteiger partial charge in [0.25, 0.3) is 0 Å². The van der Waals surface area contributed by atoms with Gasteiger partial charge in [0.2, 0.25) is 0 Å². The monoisotopic (exact) mass is 283 g/mol. The third-order valence-electron chi connectivity index (χ3n) is 3.47. The van der Waals surface area contributed by atoms with Crippen molar-refractivity contribution in [2.45, 2.75) is 19.9 Å². The molecule has 0 spiro atoms. The van der Waals surface area contributed by atoms with Crippen LogP contribution in [0.15, 0.2) is 35.7 Å². The molecule has 3 nitrogen and oxygen atoms in total. The van der Waals surface area contributed by atoms with E-state index in [9.17, 15) is 0 Å². The molecule has 0 aliphatic carbocycles. The molecule has 4 heteroatoms. The fourth-order valence-electron chi connectivity index (χ4n) is 2.24. The van der Waals surface area contributed by atoms with Crippen molar-refractivity contribution in [3.8, 4) is 10.6 Å². The number of para-hydroxylation sites is 1. The maximum absolute atomic E-state index is 4.77. The van der Waals surface area contributed by atoms with Gasteiger partial charge in [-0.3, -0.25) is 4.98 Å². The van der Waals surface area contributed by atoms with E-state index in [-0.39, 0.29) is 6.04 Å². The number of hydrogen-bond donors (Lipinski definition) is 1. The first-order valence-electron chi connectivity index (χ1n) is 6.68. The Morgan fingerprint density at radius 1 is 1.20 bits per heavy atom. The molecule has 102 valence electrons. The van der Waals surface area contributed by atoms with Crippen molar-refractivity contribution in [3.63, 3.8) is 0 Å². The minimum Gasteiger partial charge on any atom is -0.312 e. The van der Waals surface area contributed by atoms with Crippen molar-refractivity contribution in [3.05, 3.63) is 47.1 Å². The summed E-state index contributed by atoms with van der Waals surface area (Å²) >= 11 is 1.69. The highest BCUT2D eigenvalue weighted by Gasteiger charge is 2.12. The van der Waals surface area contributed by atoms with E-state index in [1.807, 2.05) is 26.1 Å². The molecule has 1 N–H and O–H groups in total. The molecular formula is C16H17N3S. The minimum atomic E-state index is 0.272. The van der Waals surface area contributed by atoms with E-state index >= 15 is 0 Å². The minimum absolute atomic E-state index is 0.272. The lowest BCUT2D eigenvalue weighted by atomic mass is 10.1. The number of hydrogen-bond acceptors (Lipinski definition) is 4. The Morgan fingerprint density at radius 2 is 2.00 bits per heavy atom. The second-order valence-corrected chi connectivity index (χ2v) is 5.77. The molecule has 20 heavy (non-hydrogen) atoms. The molecule has 3 aromatic rings. The summed E-state index contributed by atoms with van der Waals surface area (Å²) in [4.78, 5) is 9.36. The zero-order chi connectivity index (χ0) is 14.1. The third-order valence-corrected chi connectivity index (χ3v) is 4.37. The lowest BCUT2D eigenvalue weighted by Crippen LogP contribution is -2.12. The van der Waals surface area contributed by atoms with Crippen LogP contribution in [-0.2, 0) is 0 Å². The average molecular weight is 283 g/mol. The highest BCUT2D eigenvalue weighted by molar-refractivity contribution is 7.13. The van der Waals surface area contributed by atoms with E-state index in [0.717, 1.165) is 27.3 Å². The first kappa shape index (κ1) is 13.2. The van der Waals surface area contributed by atoms with Crippen molar-refractivity contribution in [1.82, 2.24) is 15.3 Å². The van der Waals surface area contributed by atoms with Crippen LogP contribution >= 0.6 is 11.3 Å². The van der Waals surface area contributed by atoms with Crippen LogP contribution in [0.5, 0.6) is 0 Å². The zero-order valence-electron chi connectivity index (χ0n) is 11.8. The third kappa shape index (κ3) is 2.32. The van der Waals surface area contributed by atoms with E-state index in [1.165, 1.54) is 5.56 Å². The van der Waals surface area contributed by atoms with Gasteiger partial charge < -0.3 is 5.32 Å². The van der Waals surface area contributed by atoms with Gasteiger partial charge >= 0.3 is 0 Å². The molecule has 1 aromatic carbocycles. The number of benzene rings is 1. The Balaban J connectivity index is 2.16. The molecule has 0 aliphatic heterocycles. The summed E-state index contributed by atoms with van der Waals surface area (Å²) in [5, 5.41) is 7.57. The molecule has 2 aromatic heterocycles. The SMILES string of the molecule is CNC(C)c1csc(-c2cc(C)nc3ccccc23)n1. The van der Waals surface area contributed by atoms with Crippen LogP contribution in [0.25, 0.3) is 21.5 Å². The number of nitrogens with one attached hydrogen (secondary N) is 1. The topological polar surface area (TPSA) is 37.8 Å². The van der Waals surface area contributed by atoms with Crippen molar-refractivity contribution < 1.29 is 0 Å². The molecular weight excluding hydrogens is 266 g/mol. The summed E-state index contributed by atoms with van der Waals surface area (Å²) in [6.45, 7) is 4.15. The van der Waals surface area contributed by atoms with Crippen molar-refractivity contribution in [1.29, 1.82) is 0 Å². The second kappa shape index (κ2) is 5.31. The second-order valence-electron chi connectivity index (χ2n) is 4.92. The van der Waals surface area contributed by atoms with Gasteiger partial charge in [-0.1, -0.05) is 18.2 Å². The largest absolute Gasteiger partial charge is 0.312 e. The molecule has 0 bridgehead atoms. The first-order chi connectivity index (χ1) is 9.69. The number of pyridine rings is 1. The lowest BCUT2D eigenvalue weighted by Gasteiger charge is -2.06. The predicted octanol–water partition coefficient (Wildman–Crippen LogP) is 3.95. The molecule has 2 heterocycles. The van der Waals surface area contributed by atoms with Crippen molar-refractivity contribution in [2.75, 3.05) is 7.05 Å². The first-order valence-corrected chi connectivity index (χ1v) is 7.56. The van der Waals surface area contributed by atoms with Crippen molar-refractivity contribution in [2.24, 2.45) is 0 Å². The van der Waals surface area contributed by atoms with Gasteiger partial charge in [-0.2, -0.15) is 0 Å². The summed E-state index contributed by atoms with van der Waals surface area (Å²) in [6, 6.07) is 10.6. The van der Waals surface area contributed by atoms with Gasteiger partial charge in [-0.25, -0.2) is 4.98 Å². The molecule has 1 unspecified atom stereocenters. The quantitative estimate of drug-likeness (QED) is 0.791. The summed E-state index contributed by atoms with van der Waals surface area (Å²) in [5.74, 6) is 0. The van der Waals surface area contributed by atoms with Crippen LogP contribution in [0.4, 0.5) is 0 Å². The van der Waals surface area contributed by atoms with Gasteiger partial charge in [0, 0.05) is 28.1 Å². The summed E-state index contributed by atoms with van der Waals surface area (Å²) in [7, 11) is 1.95. The standard InChI is InChI=1S/C16H17N3S/c1-10-8-13(12-6-4-5-7-14(12)18-10)16-19-15(9-20-16)11(2)17-3/h4-9,11,17H,1-3H3. The van der Waals surface area contributed by atoms with E-state index in [4.69, 9.17) is 4.98 Å². The number of fused-ring (bicyclic) bond motifs is 1. The number of rotatable bonds is 3. The molecule has 1 atom stereocenters. The maximum Gasteiger partial charge on any atom is 0.124 e. The highest BCUT2D eigenvalue weighted by atomic mass is 32.1. The number of nitrogens with zero attached hydrogens (tertiary/aromatic N) is 2. The maximum atomic E-state index is 4.77. The number of aromatic nitrogens is 2. The summed E-state index contributed by atoms with van der Waals surface area (Å²) in [6.07, 6.45) is 0. The van der Waals surface area contributed by atoms with Gasteiger partial charge in [0.15, 0.2) is 0 Å². The Kier molecular flexibility index (Phi) is 3.51. The molecule has 3 rings (SSSR count). The molecule has 0 fully saturated rings. The number of thiazole rings is 1. The van der Waals surface area contributed by atoms with Crippen LogP contribution in [0.2, 0.25) is 0 Å². The Bertz CT molecular complexity index is 748. The van der Waals surface area contributed by atoms with Gasteiger partial charge in [-0.05, 0) is 33.0 Å². The molecule has 0 saturated carbocycles. The Labute approximate surface area is 122 Å². The van der Waals surface area contributed by atoms with E-state index in [1.54, 1.807) is 11.3 Å². The predicted molar refractivity (Wildman–Crippen MR) is 85.1 cm³/mol. The normalized spacial score (nSPS) is 12.8. The van der Waals surface area contributed by atoms with Crippen LogP contribution in [-0.4, -0.2) is 17.0 Å². The fraction of sp³-hybridized carbons (Fsp3) is 0.250. The Morgan fingerprint density at radius 3 is 2.80 bits per heavy atom. The van der Waals surface area contributed by atoms with Crippen LogP contribution in [0, 0.1) is 6.92 Å². The van der Waals surface area contributed by atoms with Crippen molar-refractivity contribution >= 4 is 22.2 Å². The summed E-state index contributed by atoms with van der Waals surface area (Å²) < 4.78 is 0. The zero-order valence-corrected chi connectivity index (χ0v) is 12.7. The van der Waals surface area contributed by atoms with E-state index < -0.39 is 0 Å². The number of aryl methyl sites for hydroxylation is 1. The van der Waals surface area contributed by atoms with Gasteiger partial charge in [0.1, 0.15) is 5.01 Å². The lowest BCUT2D eigenvalue weighted by molar-refractivity contribution is 0.637. The fourth-order valence-corrected chi connectivity index (χ4v) is 3.18. The van der Waals surface area contributed by atoms with Crippen LogP contribution in [0.3, 0.4) is 0 Å².